The summed E-state index contributed by atoms with van der Waals surface area (Å²) in [7, 11) is 2.58. The lowest BCUT2D eigenvalue weighted by Gasteiger charge is -2.30. The van der Waals surface area contributed by atoms with Crippen molar-refractivity contribution in [3.05, 3.63) is 66.5 Å². The molecule has 0 aliphatic carbocycles. The summed E-state index contributed by atoms with van der Waals surface area (Å²) < 4.78 is 18.3. The zero-order chi connectivity index (χ0) is 42.9. The van der Waals surface area contributed by atoms with Gasteiger partial charge in [0.15, 0.2) is 0 Å². The molecule has 0 radical (unpaired) electrons. The van der Waals surface area contributed by atoms with Crippen LogP contribution < -0.4 is 15.4 Å². The minimum absolute atomic E-state index is 0.115. The molecule has 6 heterocycles. The molecule has 5 aromatic rings. The van der Waals surface area contributed by atoms with E-state index in [-0.39, 0.29) is 35.7 Å². The Morgan fingerprint density at radius 3 is 1.80 bits per heavy atom. The van der Waals surface area contributed by atoms with Gasteiger partial charge in [0.05, 0.1) is 62.4 Å². The van der Waals surface area contributed by atoms with Crippen molar-refractivity contribution in [1.29, 1.82) is 0 Å². The molecule has 3 aliphatic heterocycles. The first-order valence-corrected chi connectivity index (χ1v) is 21.3. The Balaban J connectivity index is 1.02. The Hall–Kier alpha value is -6.32. The van der Waals surface area contributed by atoms with Gasteiger partial charge in [0.1, 0.15) is 29.5 Å². The van der Waals surface area contributed by atoms with Crippen molar-refractivity contribution in [2.24, 2.45) is 11.8 Å². The molecule has 2 fully saturated rings. The molecular formula is C45H55N9O7. The topological polar surface area (TPSA) is 189 Å². The monoisotopic (exact) mass is 833 g/mol. The number of carbonyl (C=O) groups excluding carboxylic acids is 4. The molecule has 3 aliphatic rings. The number of fused-ring (bicyclic) bond motifs is 5. The van der Waals surface area contributed by atoms with E-state index in [0.717, 1.165) is 94.9 Å². The molecule has 0 spiro atoms. The van der Waals surface area contributed by atoms with E-state index < -0.39 is 24.3 Å². The highest BCUT2D eigenvalue weighted by molar-refractivity contribution is 5.92. The van der Waals surface area contributed by atoms with Gasteiger partial charge in [-0.1, -0.05) is 39.8 Å². The number of rotatable bonds is 10. The zero-order valence-corrected chi connectivity index (χ0v) is 35.6. The Bertz CT molecular complexity index is 2430. The number of H-pyrrole nitrogens is 2. The Labute approximate surface area is 354 Å². The van der Waals surface area contributed by atoms with Crippen LogP contribution in [0.2, 0.25) is 0 Å². The summed E-state index contributed by atoms with van der Waals surface area (Å²) in [6, 6.07) is 13.0. The average Bonchev–Trinajstić information content (AvgIpc) is 4.11. The number of aromatic amines is 2. The standard InChI is InChI=1S/C45H55N9O7/c1-25(2)38(50-44(57)59-5)42(55)53-16-7-10-34(53)40-46-23-31(48-40)27-13-15-33-29(20-27)21-36-30-14-12-28(22-37(30)61-19-9-18-52(33)36)32-24-47-41(49-32)35-11-8-17-54(35)43(56)39(26(3)4)51-45(58)60-6/h12-15,20-26,34-35,38-39H,7-11,16-19H2,1-6H3,(H,46,48)(H,47,49)(H,50,57)(H,51,58)/t34?,35?,38-,39-/m0/s1. The molecule has 2 saturated heterocycles. The zero-order valence-electron chi connectivity index (χ0n) is 35.6. The second-order valence-electron chi connectivity index (χ2n) is 16.8. The molecule has 16 heteroatoms. The van der Waals surface area contributed by atoms with Crippen LogP contribution in [0.25, 0.3) is 44.7 Å². The fourth-order valence-corrected chi connectivity index (χ4v) is 9.02. The number of aromatic nitrogens is 5. The number of hydrogen-bond acceptors (Lipinski definition) is 9. The van der Waals surface area contributed by atoms with E-state index in [4.69, 9.17) is 24.2 Å². The van der Waals surface area contributed by atoms with Gasteiger partial charge in [-0.05, 0) is 74.3 Å². The second kappa shape index (κ2) is 17.3. The Kier molecular flexibility index (Phi) is 11.8. The number of imidazole rings is 2. The highest BCUT2D eigenvalue weighted by Crippen LogP contribution is 2.41. The Morgan fingerprint density at radius 1 is 0.721 bits per heavy atom. The van der Waals surface area contributed by atoms with Gasteiger partial charge in [-0.3, -0.25) is 9.59 Å². The van der Waals surface area contributed by atoms with Crippen molar-refractivity contribution >= 4 is 34.9 Å². The summed E-state index contributed by atoms with van der Waals surface area (Å²) in [5, 5.41) is 6.51. The van der Waals surface area contributed by atoms with E-state index in [1.807, 2.05) is 43.7 Å². The maximum Gasteiger partial charge on any atom is 0.407 e. The van der Waals surface area contributed by atoms with Gasteiger partial charge >= 0.3 is 12.2 Å². The van der Waals surface area contributed by atoms with Crippen molar-refractivity contribution in [2.45, 2.75) is 90.5 Å². The van der Waals surface area contributed by atoms with Crippen LogP contribution in [0.4, 0.5) is 9.59 Å². The number of likely N-dealkylation sites (tertiary alicyclic amines) is 2. The maximum atomic E-state index is 13.7. The average molecular weight is 834 g/mol. The van der Waals surface area contributed by atoms with E-state index in [9.17, 15) is 19.2 Å². The Morgan fingerprint density at radius 2 is 1.26 bits per heavy atom. The number of nitrogens with zero attached hydrogens (tertiary/aromatic N) is 5. The molecule has 4 N–H and O–H groups in total. The predicted octanol–water partition coefficient (Wildman–Crippen LogP) is 6.96. The summed E-state index contributed by atoms with van der Waals surface area (Å²) in [4.78, 5) is 71.6. The highest BCUT2D eigenvalue weighted by Gasteiger charge is 2.39. The summed E-state index contributed by atoms with van der Waals surface area (Å²) in [6.07, 6.45) is 6.42. The fraction of sp³-hybridized carbons (Fsp3) is 0.467. The normalized spacial score (nSPS) is 18.6. The molecular weight excluding hydrogens is 779 g/mol. The lowest BCUT2D eigenvalue weighted by atomic mass is 10.0. The van der Waals surface area contributed by atoms with E-state index in [2.05, 4.69) is 67.6 Å². The van der Waals surface area contributed by atoms with Crippen molar-refractivity contribution in [2.75, 3.05) is 33.9 Å². The van der Waals surface area contributed by atoms with Gasteiger partial charge in [0.2, 0.25) is 11.8 Å². The molecule has 16 nitrogen and oxygen atoms in total. The molecule has 2 aromatic carbocycles. The lowest BCUT2D eigenvalue weighted by Crippen LogP contribution is -2.51. The summed E-state index contributed by atoms with van der Waals surface area (Å²) in [5.74, 6) is 1.68. The minimum Gasteiger partial charge on any atom is -0.493 e. The van der Waals surface area contributed by atoms with E-state index in [0.29, 0.717) is 25.5 Å². The SMILES string of the molecule is COC(=O)N[C@H](C(=O)N1CCCC1c1ncc(-c2ccc3c(c2)OCCCn2c-3cc3cc(-c4cnc(C5CCCN5C(=O)[C@@H](NC(=O)OC)C(C)C)[nH]4)ccc32)[nH]1)C(C)C. The summed E-state index contributed by atoms with van der Waals surface area (Å²) in [6.45, 7) is 10.1. The van der Waals surface area contributed by atoms with Crippen LogP contribution in [0.15, 0.2) is 54.9 Å². The number of aryl methyl sites for hydroxylation is 1. The van der Waals surface area contributed by atoms with Gasteiger partial charge < -0.3 is 49.2 Å². The van der Waals surface area contributed by atoms with E-state index in [1.165, 1.54) is 14.2 Å². The molecule has 322 valence electrons. The second-order valence-corrected chi connectivity index (χ2v) is 16.8. The lowest BCUT2D eigenvalue weighted by molar-refractivity contribution is -0.136. The number of ether oxygens (including phenoxy) is 3. The minimum atomic E-state index is -0.705. The fourth-order valence-electron chi connectivity index (χ4n) is 9.02. The van der Waals surface area contributed by atoms with Crippen molar-refractivity contribution in [3.63, 3.8) is 0 Å². The molecule has 61 heavy (non-hydrogen) atoms. The van der Waals surface area contributed by atoms with Gasteiger partial charge in [-0.25, -0.2) is 19.6 Å². The first-order valence-electron chi connectivity index (χ1n) is 21.3. The summed E-state index contributed by atoms with van der Waals surface area (Å²) in [5.41, 5.74) is 6.75. The molecule has 8 rings (SSSR count). The van der Waals surface area contributed by atoms with Crippen LogP contribution in [0, 0.1) is 11.8 Å². The first-order chi connectivity index (χ1) is 29.4. The molecule has 2 unspecified atom stereocenters. The van der Waals surface area contributed by atoms with E-state index >= 15 is 0 Å². The number of hydrogen-bond donors (Lipinski definition) is 4. The number of carbonyl (C=O) groups is 4. The molecule has 4 atom stereocenters. The van der Waals surface area contributed by atoms with Gasteiger partial charge in [-0.15, -0.1) is 0 Å². The quantitative estimate of drug-likeness (QED) is 0.115. The predicted molar refractivity (Wildman–Crippen MR) is 228 cm³/mol. The van der Waals surface area contributed by atoms with Crippen LogP contribution in [0.1, 0.15) is 83.5 Å². The third kappa shape index (κ3) is 8.14. The smallest absolute Gasteiger partial charge is 0.407 e. The third-order valence-electron chi connectivity index (χ3n) is 12.2. The van der Waals surface area contributed by atoms with Crippen LogP contribution in [-0.4, -0.2) is 104 Å². The van der Waals surface area contributed by atoms with Crippen LogP contribution >= 0.6 is 0 Å². The van der Waals surface area contributed by atoms with Crippen LogP contribution in [0.3, 0.4) is 0 Å². The number of benzene rings is 2. The van der Waals surface area contributed by atoms with Gasteiger partial charge in [0.25, 0.3) is 0 Å². The third-order valence-corrected chi connectivity index (χ3v) is 12.2. The number of methoxy groups -OCH3 is 2. The van der Waals surface area contributed by atoms with Gasteiger partial charge in [0, 0.05) is 47.2 Å². The van der Waals surface area contributed by atoms with Crippen molar-refractivity contribution in [3.8, 4) is 39.5 Å². The highest BCUT2D eigenvalue weighted by atomic mass is 16.5. The van der Waals surface area contributed by atoms with Gasteiger partial charge in [-0.2, -0.15) is 0 Å². The van der Waals surface area contributed by atoms with Crippen LogP contribution in [0.5, 0.6) is 5.75 Å². The number of alkyl carbamates (subject to hydrolysis) is 2. The molecule has 4 amide bonds. The largest absolute Gasteiger partial charge is 0.493 e. The van der Waals surface area contributed by atoms with E-state index in [1.54, 1.807) is 6.20 Å². The number of nitrogens with one attached hydrogen (secondary N) is 4. The van der Waals surface area contributed by atoms with Crippen LogP contribution in [-0.2, 0) is 25.6 Å². The molecule has 0 saturated carbocycles. The van der Waals surface area contributed by atoms with Crippen molar-refractivity contribution < 1.29 is 33.4 Å². The van der Waals surface area contributed by atoms with Crippen molar-refractivity contribution in [1.82, 2.24) is 44.9 Å². The first kappa shape index (κ1) is 41.4. The molecule has 0 bridgehead atoms. The maximum absolute atomic E-state index is 13.7. The number of amides is 4. The molecule has 3 aromatic heterocycles. The summed E-state index contributed by atoms with van der Waals surface area (Å²) >= 11 is 0.